The van der Waals surface area contributed by atoms with E-state index in [1.807, 2.05) is 26.2 Å². The molecule has 7 rings (SSSR count). The van der Waals surface area contributed by atoms with Crippen molar-refractivity contribution in [1.82, 2.24) is 34.0 Å². The summed E-state index contributed by atoms with van der Waals surface area (Å²) in [5.74, 6) is 2.45. The Morgan fingerprint density at radius 1 is 0.974 bits per heavy atom. The topological polar surface area (TPSA) is 76.6 Å². The van der Waals surface area contributed by atoms with Gasteiger partial charge in [0, 0.05) is 62.8 Å². The third-order valence-electron chi connectivity index (χ3n) is 7.98. The van der Waals surface area contributed by atoms with Crippen LogP contribution < -0.4 is 9.64 Å². The molecule has 0 atom stereocenters. The Balaban J connectivity index is 1.17. The molecule has 1 aliphatic carbocycles. The van der Waals surface area contributed by atoms with Crippen LogP contribution in [0.2, 0.25) is 0 Å². The lowest BCUT2D eigenvalue weighted by molar-refractivity contribution is 0.248. The molecule has 0 amide bonds. The van der Waals surface area contributed by atoms with Crippen molar-refractivity contribution in [3.63, 3.8) is 0 Å². The number of anilines is 1. The number of methoxy groups -OCH3 is 1. The van der Waals surface area contributed by atoms with Gasteiger partial charge in [-0.3, -0.25) is 9.88 Å². The van der Waals surface area contributed by atoms with Crippen molar-refractivity contribution in [3.8, 4) is 28.4 Å². The van der Waals surface area contributed by atoms with Crippen molar-refractivity contribution < 1.29 is 4.74 Å². The molecule has 1 aliphatic heterocycles. The number of hydrogen-bond acceptors (Lipinski definition) is 7. The lowest BCUT2D eigenvalue weighted by Gasteiger charge is -2.36. The zero-order valence-corrected chi connectivity index (χ0v) is 22.1. The van der Waals surface area contributed by atoms with Crippen LogP contribution in [0.3, 0.4) is 0 Å². The van der Waals surface area contributed by atoms with Crippen molar-refractivity contribution in [2.24, 2.45) is 13.0 Å². The Kier molecular flexibility index (Phi) is 5.54. The smallest absolute Gasteiger partial charge is 0.197 e. The van der Waals surface area contributed by atoms with Gasteiger partial charge in [0.25, 0.3) is 0 Å². The van der Waals surface area contributed by atoms with E-state index < -0.39 is 0 Å². The first-order chi connectivity index (χ1) is 18.6. The van der Waals surface area contributed by atoms with Gasteiger partial charge in [0.05, 0.1) is 24.0 Å². The number of imidazole rings is 1. The Morgan fingerprint density at radius 3 is 2.50 bits per heavy atom. The van der Waals surface area contributed by atoms with Crippen LogP contribution in [0.15, 0.2) is 48.9 Å². The number of aryl methyl sites for hydroxylation is 2. The number of benzene rings is 1. The second-order valence-electron chi connectivity index (χ2n) is 10.6. The summed E-state index contributed by atoms with van der Waals surface area (Å²) in [5, 5.41) is 4.30. The minimum absolute atomic E-state index is 0.659. The first kappa shape index (κ1) is 23.2. The molecule has 0 unspecified atom stereocenters. The summed E-state index contributed by atoms with van der Waals surface area (Å²) < 4.78 is 9.39. The third-order valence-corrected chi connectivity index (χ3v) is 7.98. The lowest BCUT2D eigenvalue weighted by Crippen LogP contribution is -2.47. The number of fused-ring (bicyclic) bond motifs is 2. The molecule has 9 nitrogen and oxygen atoms in total. The largest absolute Gasteiger partial charge is 0.493 e. The highest BCUT2D eigenvalue weighted by Gasteiger charge is 2.26. The molecule has 2 fully saturated rings. The van der Waals surface area contributed by atoms with Crippen molar-refractivity contribution in [2.45, 2.75) is 19.8 Å². The quantitative estimate of drug-likeness (QED) is 0.340. The van der Waals surface area contributed by atoms with Crippen LogP contribution in [-0.4, -0.2) is 73.9 Å². The fourth-order valence-electron chi connectivity index (χ4n) is 5.61. The minimum atomic E-state index is 0.659. The first-order valence-corrected chi connectivity index (χ1v) is 13.4. The molecule has 1 aromatic carbocycles. The summed E-state index contributed by atoms with van der Waals surface area (Å²) in [7, 11) is 3.68. The van der Waals surface area contributed by atoms with Gasteiger partial charge in [-0.2, -0.15) is 5.10 Å². The summed E-state index contributed by atoms with van der Waals surface area (Å²) in [4.78, 5) is 19.3. The number of nitrogens with zero attached hydrogens (tertiary/aromatic N) is 8. The maximum Gasteiger partial charge on any atom is 0.197 e. The Morgan fingerprint density at radius 2 is 1.76 bits per heavy atom. The van der Waals surface area contributed by atoms with E-state index in [-0.39, 0.29) is 0 Å². The summed E-state index contributed by atoms with van der Waals surface area (Å²) in [6.45, 7) is 7.83. The van der Waals surface area contributed by atoms with Gasteiger partial charge in [0.15, 0.2) is 11.4 Å². The third kappa shape index (κ3) is 4.07. The van der Waals surface area contributed by atoms with Gasteiger partial charge in [-0.15, -0.1) is 0 Å². The lowest BCUT2D eigenvalue weighted by atomic mass is 10.1. The molecule has 194 valence electrons. The number of aromatic nitrogens is 6. The molecule has 5 heterocycles. The average molecular weight is 509 g/mol. The Hall–Kier alpha value is -3.98. The fourth-order valence-corrected chi connectivity index (χ4v) is 5.61. The molecule has 1 saturated heterocycles. The number of rotatable bonds is 6. The van der Waals surface area contributed by atoms with E-state index >= 15 is 0 Å². The van der Waals surface area contributed by atoms with Crippen LogP contribution in [0.25, 0.3) is 39.3 Å². The minimum Gasteiger partial charge on any atom is -0.493 e. The molecule has 1 saturated carbocycles. The maximum atomic E-state index is 5.56. The second-order valence-corrected chi connectivity index (χ2v) is 10.6. The van der Waals surface area contributed by atoms with Crippen molar-refractivity contribution in [3.05, 3.63) is 54.6 Å². The normalized spacial score (nSPS) is 16.6. The molecule has 0 radical (unpaired) electrons. The van der Waals surface area contributed by atoms with Crippen LogP contribution in [0, 0.1) is 12.8 Å². The number of piperazine rings is 1. The van der Waals surface area contributed by atoms with Crippen LogP contribution in [0.5, 0.6) is 5.75 Å². The molecule has 2 aliphatic rings. The first-order valence-electron chi connectivity index (χ1n) is 13.4. The standard InChI is InChI=1S/C29H32N8O/c1-19-27-25(34(2)28(33-27)22-14-26(38-3)29-30-18-31-37(29)17-22)15-24(32-19)21-6-8-23(9-7-21)36-12-10-35(11-13-36)16-20-4-5-20/h6-9,14-15,17-18,20H,4-5,10-13,16H2,1-3H3. The van der Waals surface area contributed by atoms with E-state index in [1.165, 1.54) is 31.4 Å². The van der Waals surface area contributed by atoms with E-state index in [1.54, 1.807) is 11.6 Å². The molecule has 0 N–H and O–H groups in total. The fraction of sp³-hybridized carbons (Fsp3) is 0.379. The number of pyridine rings is 2. The summed E-state index contributed by atoms with van der Waals surface area (Å²) in [5.41, 5.74) is 7.77. The van der Waals surface area contributed by atoms with Crippen LogP contribution >= 0.6 is 0 Å². The monoisotopic (exact) mass is 508 g/mol. The van der Waals surface area contributed by atoms with E-state index in [4.69, 9.17) is 14.7 Å². The Bertz CT molecular complexity index is 1620. The van der Waals surface area contributed by atoms with Gasteiger partial charge in [-0.1, -0.05) is 12.1 Å². The zero-order chi connectivity index (χ0) is 25.8. The van der Waals surface area contributed by atoms with E-state index in [0.717, 1.165) is 71.5 Å². The average Bonchev–Trinajstić information content (AvgIpc) is 3.51. The van der Waals surface area contributed by atoms with Gasteiger partial charge < -0.3 is 14.2 Å². The van der Waals surface area contributed by atoms with Gasteiger partial charge in [0.2, 0.25) is 0 Å². The van der Waals surface area contributed by atoms with E-state index in [9.17, 15) is 0 Å². The highest BCUT2D eigenvalue weighted by Crippen LogP contribution is 2.32. The summed E-state index contributed by atoms with van der Waals surface area (Å²) in [6.07, 6.45) is 6.31. The van der Waals surface area contributed by atoms with E-state index in [0.29, 0.717) is 11.4 Å². The van der Waals surface area contributed by atoms with Gasteiger partial charge in [-0.05, 0) is 49.9 Å². The highest BCUT2D eigenvalue weighted by molar-refractivity contribution is 5.86. The Labute approximate surface area is 221 Å². The number of ether oxygens (including phenoxy) is 1. The van der Waals surface area contributed by atoms with Crippen LogP contribution in [0.1, 0.15) is 18.5 Å². The van der Waals surface area contributed by atoms with Crippen LogP contribution in [0.4, 0.5) is 5.69 Å². The molecule has 4 aromatic heterocycles. The molecular formula is C29H32N8O. The second kappa shape index (κ2) is 9.09. The van der Waals surface area contributed by atoms with Gasteiger partial charge in [0.1, 0.15) is 17.7 Å². The van der Waals surface area contributed by atoms with Gasteiger partial charge >= 0.3 is 0 Å². The molecule has 38 heavy (non-hydrogen) atoms. The summed E-state index contributed by atoms with van der Waals surface area (Å²) >= 11 is 0. The molecule has 0 spiro atoms. The molecule has 9 heteroatoms. The zero-order valence-electron chi connectivity index (χ0n) is 22.1. The predicted molar refractivity (Wildman–Crippen MR) is 149 cm³/mol. The highest BCUT2D eigenvalue weighted by atomic mass is 16.5. The maximum absolute atomic E-state index is 5.56. The van der Waals surface area contributed by atoms with Crippen molar-refractivity contribution >= 4 is 22.4 Å². The van der Waals surface area contributed by atoms with Crippen molar-refractivity contribution in [2.75, 3.05) is 44.7 Å². The van der Waals surface area contributed by atoms with Crippen molar-refractivity contribution in [1.29, 1.82) is 0 Å². The molecule has 5 aromatic rings. The molecule has 0 bridgehead atoms. The number of hydrogen-bond donors (Lipinski definition) is 0. The summed E-state index contributed by atoms with van der Waals surface area (Å²) in [6, 6.07) is 13.0. The van der Waals surface area contributed by atoms with Crippen LogP contribution in [-0.2, 0) is 7.05 Å². The van der Waals surface area contributed by atoms with Gasteiger partial charge in [-0.25, -0.2) is 14.5 Å². The molecular weight excluding hydrogens is 476 g/mol. The SMILES string of the molecule is COc1cc(-c2nc3c(C)nc(-c4ccc(N5CCN(CC6CC6)CC5)cc4)cc3n2C)cn2ncnc12. The predicted octanol–water partition coefficient (Wildman–Crippen LogP) is 4.19. The van der Waals surface area contributed by atoms with E-state index in [2.05, 4.69) is 54.8 Å².